The van der Waals surface area contributed by atoms with E-state index in [-0.39, 0.29) is 17.2 Å². The fraction of sp³-hybridized carbons (Fsp3) is 0.417. The van der Waals surface area contributed by atoms with Gasteiger partial charge in [0.15, 0.2) is 5.72 Å². The summed E-state index contributed by atoms with van der Waals surface area (Å²) in [5.41, 5.74) is -0.616. The number of non-ortho nitro benzene ring substituents is 1. The first-order valence-corrected chi connectivity index (χ1v) is 5.81. The van der Waals surface area contributed by atoms with Crippen molar-refractivity contribution in [1.82, 2.24) is 5.32 Å². The average molecular weight is 250 g/mol. The van der Waals surface area contributed by atoms with E-state index >= 15 is 0 Å². The van der Waals surface area contributed by atoms with Crippen LogP contribution in [0, 0.1) is 10.1 Å². The molecule has 0 bridgehead atoms. The lowest BCUT2D eigenvalue weighted by Crippen LogP contribution is -2.55. The van der Waals surface area contributed by atoms with Gasteiger partial charge in [0.05, 0.1) is 10.5 Å². The Balaban J connectivity index is 2.45. The van der Waals surface area contributed by atoms with Crippen molar-refractivity contribution < 1.29 is 14.5 Å². The first-order valence-electron chi connectivity index (χ1n) is 5.81. The third kappa shape index (κ3) is 1.90. The van der Waals surface area contributed by atoms with Gasteiger partial charge in [0.25, 0.3) is 11.6 Å². The van der Waals surface area contributed by atoms with Gasteiger partial charge in [-0.15, -0.1) is 0 Å². The highest BCUT2D eigenvalue weighted by Crippen LogP contribution is 2.33. The van der Waals surface area contributed by atoms with E-state index < -0.39 is 10.6 Å². The Bertz CT molecular complexity index is 509. The van der Waals surface area contributed by atoms with Crippen LogP contribution in [0.5, 0.6) is 5.75 Å². The molecule has 0 atom stereocenters. The van der Waals surface area contributed by atoms with E-state index in [1.54, 1.807) is 0 Å². The zero-order valence-electron chi connectivity index (χ0n) is 10.2. The fourth-order valence-corrected chi connectivity index (χ4v) is 1.98. The van der Waals surface area contributed by atoms with Gasteiger partial charge >= 0.3 is 0 Å². The van der Waals surface area contributed by atoms with E-state index in [1.807, 2.05) is 13.8 Å². The van der Waals surface area contributed by atoms with Gasteiger partial charge in [-0.3, -0.25) is 14.9 Å². The van der Waals surface area contributed by atoms with Crippen molar-refractivity contribution in [3.8, 4) is 5.75 Å². The highest BCUT2D eigenvalue weighted by atomic mass is 16.6. The normalized spacial score (nSPS) is 16.4. The van der Waals surface area contributed by atoms with Crippen LogP contribution in [0.3, 0.4) is 0 Å². The van der Waals surface area contributed by atoms with Crippen molar-refractivity contribution in [2.75, 3.05) is 0 Å². The molecular weight excluding hydrogens is 236 g/mol. The summed E-state index contributed by atoms with van der Waals surface area (Å²) in [4.78, 5) is 22.1. The van der Waals surface area contributed by atoms with Gasteiger partial charge in [0.1, 0.15) is 5.75 Å². The fourth-order valence-electron chi connectivity index (χ4n) is 1.98. The number of carbonyl (C=O) groups excluding carboxylic acids is 1. The van der Waals surface area contributed by atoms with Gasteiger partial charge in [-0.1, -0.05) is 13.8 Å². The number of nitro benzene ring substituents is 1. The second kappa shape index (κ2) is 4.29. The Morgan fingerprint density at radius 2 is 2.06 bits per heavy atom. The first-order chi connectivity index (χ1) is 8.51. The van der Waals surface area contributed by atoms with Gasteiger partial charge < -0.3 is 10.1 Å². The summed E-state index contributed by atoms with van der Waals surface area (Å²) >= 11 is 0. The number of nitrogens with zero attached hydrogens (tertiary/aromatic N) is 1. The predicted molar refractivity (Wildman–Crippen MR) is 64.5 cm³/mol. The number of amides is 1. The molecule has 1 N–H and O–H groups in total. The minimum Gasteiger partial charge on any atom is -0.467 e. The number of benzene rings is 1. The number of carbonyl (C=O) groups is 1. The molecule has 2 rings (SSSR count). The average Bonchev–Trinajstić information content (AvgIpc) is 2.38. The molecule has 1 aromatic rings. The molecule has 0 aromatic heterocycles. The van der Waals surface area contributed by atoms with Gasteiger partial charge in [0.2, 0.25) is 0 Å². The van der Waals surface area contributed by atoms with Crippen LogP contribution in [0.2, 0.25) is 0 Å². The highest BCUT2D eigenvalue weighted by Gasteiger charge is 2.37. The largest absolute Gasteiger partial charge is 0.467 e. The molecule has 0 spiro atoms. The molecule has 0 fully saturated rings. The summed E-state index contributed by atoms with van der Waals surface area (Å²) < 4.78 is 5.77. The van der Waals surface area contributed by atoms with Crippen molar-refractivity contribution >= 4 is 11.6 Å². The molecule has 1 aliphatic rings. The SMILES string of the molecule is CCC1(CC)NC(=O)c2cc([N+](=O)[O-])ccc2O1. The van der Waals surface area contributed by atoms with Crippen molar-refractivity contribution in [2.24, 2.45) is 0 Å². The standard InChI is InChI=1S/C12H14N2O4/c1-3-12(4-2)13-11(15)9-7-8(14(16)17)5-6-10(9)18-12/h5-7H,3-4H2,1-2H3,(H,13,15). The first kappa shape index (κ1) is 12.3. The number of ether oxygens (including phenoxy) is 1. The van der Waals surface area contributed by atoms with E-state index in [9.17, 15) is 14.9 Å². The van der Waals surface area contributed by atoms with E-state index in [0.29, 0.717) is 18.6 Å². The number of nitro groups is 1. The molecule has 1 aliphatic heterocycles. The Kier molecular flexibility index (Phi) is 2.94. The molecule has 0 unspecified atom stereocenters. The van der Waals surface area contributed by atoms with Crippen molar-refractivity contribution in [1.29, 1.82) is 0 Å². The molecule has 6 heteroatoms. The lowest BCUT2D eigenvalue weighted by molar-refractivity contribution is -0.384. The van der Waals surface area contributed by atoms with Crippen LogP contribution >= 0.6 is 0 Å². The summed E-state index contributed by atoms with van der Waals surface area (Å²) in [6, 6.07) is 4.06. The topological polar surface area (TPSA) is 81.5 Å². The summed E-state index contributed by atoms with van der Waals surface area (Å²) in [6.07, 6.45) is 1.26. The summed E-state index contributed by atoms with van der Waals surface area (Å²) in [7, 11) is 0. The van der Waals surface area contributed by atoms with E-state index in [0.717, 1.165) is 0 Å². The van der Waals surface area contributed by atoms with Crippen LogP contribution < -0.4 is 10.1 Å². The summed E-state index contributed by atoms with van der Waals surface area (Å²) in [6.45, 7) is 3.83. The minimum absolute atomic E-state index is 0.118. The lowest BCUT2D eigenvalue weighted by Gasteiger charge is -2.37. The second-order valence-corrected chi connectivity index (χ2v) is 4.20. The zero-order valence-corrected chi connectivity index (χ0v) is 10.2. The third-order valence-corrected chi connectivity index (χ3v) is 3.21. The van der Waals surface area contributed by atoms with Crippen molar-refractivity contribution in [2.45, 2.75) is 32.4 Å². The number of hydrogen-bond acceptors (Lipinski definition) is 4. The molecule has 18 heavy (non-hydrogen) atoms. The van der Waals surface area contributed by atoms with Gasteiger partial charge in [-0.05, 0) is 6.07 Å². The monoisotopic (exact) mass is 250 g/mol. The maximum absolute atomic E-state index is 12.0. The van der Waals surface area contributed by atoms with E-state index in [2.05, 4.69) is 5.32 Å². The number of hydrogen-bond donors (Lipinski definition) is 1. The predicted octanol–water partition coefficient (Wildman–Crippen LogP) is 2.23. The van der Waals surface area contributed by atoms with Gasteiger partial charge in [-0.2, -0.15) is 0 Å². The van der Waals surface area contributed by atoms with Gasteiger partial charge in [-0.25, -0.2) is 0 Å². The Labute approximate surface area is 104 Å². The molecule has 1 amide bonds. The molecular formula is C12H14N2O4. The number of nitrogens with one attached hydrogen (secondary N) is 1. The highest BCUT2D eigenvalue weighted by molar-refractivity contribution is 5.99. The quantitative estimate of drug-likeness (QED) is 0.658. The summed E-state index contributed by atoms with van der Waals surface area (Å²) in [5.74, 6) is 0.0664. The Morgan fingerprint density at radius 3 is 2.61 bits per heavy atom. The Hall–Kier alpha value is -2.11. The maximum Gasteiger partial charge on any atom is 0.270 e. The molecule has 0 saturated heterocycles. The van der Waals surface area contributed by atoms with Crippen LogP contribution in [0.1, 0.15) is 37.0 Å². The smallest absolute Gasteiger partial charge is 0.270 e. The molecule has 1 aromatic carbocycles. The van der Waals surface area contributed by atoms with Crippen LogP contribution in [0.15, 0.2) is 18.2 Å². The number of rotatable bonds is 3. The van der Waals surface area contributed by atoms with Crippen molar-refractivity contribution in [3.63, 3.8) is 0 Å². The van der Waals surface area contributed by atoms with E-state index in [1.165, 1.54) is 18.2 Å². The van der Waals surface area contributed by atoms with Gasteiger partial charge in [0, 0.05) is 25.0 Å². The lowest BCUT2D eigenvalue weighted by atomic mass is 10.0. The van der Waals surface area contributed by atoms with E-state index in [4.69, 9.17) is 4.74 Å². The van der Waals surface area contributed by atoms with Crippen LogP contribution in [0.25, 0.3) is 0 Å². The third-order valence-electron chi connectivity index (χ3n) is 3.21. The molecule has 6 nitrogen and oxygen atoms in total. The van der Waals surface area contributed by atoms with Crippen LogP contribution in [-0.4, -0.2) is 16.6 Å². The number of fused-ring (bicyclic) bond motifs is 1. The van der Waals surface area contributed by atoms with Crippen LogP contribution in [-0.2, 0) is 0 Å². The zero-order chi connectivity index (χ0) is 13.3. The molecule has 1 heterocycles. The molecule has 96 valence electrons. The maximum atomic E-state index is 12.0. The second-order valence-electron chi connectivity index (χ2n) is 4.20. The molecule has 0 radical (unpaired) electrons. The molecule has 0 saturated carbocycles. The van der Waals surface area contributed by atoms with Crippen molar-refractivity contribution in [3.05, 3.63) is 33.9 Å². The minimum atomic E-state index is -0.708. The van der Waals surface area contributed by atoms with Crippen LogP contribution in [0.4, 0.5) is 5.69 Å². The Morgan fingerprint density at radius 1 is 1.39 bits per heavy atom. The summed E-state index contributed by atoms with van der Waals surface area (Å²) in [5, 5.41) is 13.4. The molecule has 0 aliphatic carbocycles.